The molecule has 1 amide bonds. The summed E-state index contributed by atoms with van der Waals surface area (Å²) in [6.07, 6.45) is -3.81. The van der Waals surface area contributed by atoms with Gasteiger partial charge in [-0.05, 0) is 125 Å². The van der Waals surface area contributed by atoms with Crippen LogP contribution in [0.4, 0.5) is 18.3 Å². The lowest BCUT2D eigenvalue weighted by Gasteiger charge is -2.22. The number of nitrogens with zero attached hydrogens (tertiary/aromatic N) is 7. The molecule has 0 unspecified atom stereocenters. The van der Waals surface area contributed by atoms with Crippen LogP contribution in [0, 0.1) is 95.7 Å². The van der Waals surface area contributed by atoms with Gasteiger partial charge in [0.15, 0.2) is 9.34 Å². The monoisotopic (exact) mass is 1680 g/mol. The lowest BCUT2D eigenvalue weighted by atomic mass is 9.89. The van der Waals surface area contributed by atoms with Crippen molar-refractivity contribution in [2.45, 2.75) is 167 Å². The quantitative estimate of drug-likeness (QED) is 0.0185. The molecule has 0 spiro atoms. The van der Waals surface area contributed by atoms with Crippen LogP contribution < -0.4 is 34.7 Å². The Bertz CT molecular complexity index is 4760. The number of hydrogen-bond donors (Lipinski definition) is 8. The first-order valence-corrected chi connectivity index (χ1v) is 42.4. The first kappa shape index (κ1) is 97.3. The number of aromatic nitrogens is 1. The van der Waals surface area contributed by atoms with Gasteiger partial charge in [0.25, 0.3) is 10.0 Å². The number of aryl methyl sites for hydroxylation is 4. The number of hydrogen-bond acceptors (Lipinski definition) is 23. The molecule has 0 bridgehead atoms. The third-order valence-electron chi connectivity index (χ3n) is 12.8. The van der Waals surface area contributed by atoms with Crippen molar-refractivity contribution in [2.24, 2.45) is 5.73 Å². The Morgan fingerprint density at radius 1 is 0.552 bits per heavy atom. The van der Waals surface area contributed by atoms with Crippen molar-refractivity contribution in [2.75, 3.05) is 44.6 Å². The molecule has 0 aliphatic heterocycles. The molecular weight excluding hydrogens is 1590 g/mol. The average molecular weight is 1680 g/mol. The minimum atomic E-state index is -4.75. The van der Waals surface area contributed by atoms with E-state index in [9.17, 15) is 68.5 Å². The Hall–Kier alpha value is -7.69. The largest absolute Gasteiger partial charge is 0.417 e. The standard InChI is InChI=1S/C18H28N2O2S.C12H16N2O2S.C10H9F3N2O2S.C9H9BrN2O2S.C9H12N4O3S2.C4H4O3S2.C3H6N2/c1-12(2)15-10-16(13(3)4)18(17(11-15)14(5)6)23(21,22)20-9-7-8-19;1-9-7-10(2)12(11(3)8-9)17(15,16)14-6-4-5-13;11-10(12,13)8-4-1-2-5-9(8)18(16,17)15-7-3-6-14;10-8-4-1-2-5-9(8)15(13,14)12-7-3-6-11;1-6-8(17-9(12-6)13-7(2)14)18(15,16)11-5-3-4-10;5-9(6,7)4-2-1-3-8-4;4-2-1-3-5/h10-14,20H,7,9H2,1-6H3;7-8,14H,4,6H2,1-3H3;1-2,4-5,15H,3,7H2;1-2,4-5,12H,3,7H2;11H,3,5H2,1-2H3,(H,12,13,14);1-3H,(H,5,6,7);1-2,4H2. The van der Waals surface area contributed by atoms with Gasteiger partial charge < -0.3 is 11.1 Å². The molecule has 28 nitrogen and oxygen atoms in total. The molecule has 40 heteroatoms. The van der Waals surface area contributed by atoms with Crippen LogP contribution in [-0.2, 0) is 71.2 Å². The summed E-state index contributed by atoms with van der Waals surface area (Å²) in [6, 6.07) is 32.2. The Morgan fingerprint density at radius 3 is 1.29 bits per heavy atom. The third-order valence-corrected chi connectivity index (χ3v) is 25.5. The van der Waals surface area contributed by atoms with E-state index in [-0.39, 0.29) is 101 Å². The number of sulfonamides is 5. The first-order valence-electron chi connectivity index (χ1n) is 31.1. The molecule has 0 fully saturated rings. The second-order valence-electron chi connectivity index (χ2n) is 22.4. The summed E-state index contributed by atoms with van der Waals surface area (Å²) in [6.45, 7) is 21.3. The van der Waals surface area contributed by atoms with Crippen molar-refractivity contribution < 1.29 is 73.0 Å². The molecule has 0 atom stereocenters. The van der Waals surface area contributed by atoms with Gasteiger partial charge in [-0.15, -0.1) is 11.3 Å². The Morgan fingerprint density at radius 2 is 0.943 bits per heavy atom. The van der Waals surface area contributed by atoms with E-state index < -0.39 is 76.9 Å². The summed E-state index contributed by atoms with van der Waals surface area (Å²) in [5.41, 5.74) is 9.36. The molecular formula is C65H84BrF3N14O14S8. The molecule has 0 aliphatic carbocycles. The van der Waals surface area contributed by atoms with Crippen molar-refractivity contribution in [3.05, 3.63) is 139 Å². The van der Waals surface area contributed by atoms with Crippen LogP contribution in [0.5, 0.6) is 0 Å². The van der Waals surface area contributed by atoms with E-state index in [2.05, 4.69) is 59.0 Å². The van der Waals surface area contributed by atoms with Gasteiger partial charge in [0, 0.05) is 89.2 Å². The number of rotatable bonds is 26. The Kier molecular flexibility index (Phi) is 43.6. The van der Waals surface area contributed by atoms with E-state index in [1.54, 1.807) is 56.5 Å². The maximum absolute atomic E-state index is 12.8. The highest BCUT2D eigenvalue weighted by atomic mass is 79.9. The molecule has 0 aliphatic rings. The number of thiazole rings is 1. The molecule has 574 valence electrons. The van der Waals surface area contributed by atoms with Crippen LogP contribution in [0.1, 0.15) is 149 Å². The predicted molar refractivity (Wildman–Crippen MR) is 397 cm³/mol. The van der Waals surface area contributed by atoms with Crippen LogP contribution >= 0.6 is 38.6 Å². The zero-order chi connectivity index (χ0) is 80.7. The molecule has 105 heavy (non-hydrogen) atoms. The van der Waals surface area contributed by atoms with Gasteiger partial charge in [-0.25, -0.2) is 70.7 Å². The van der Waals surface area contributed by atoms with E-state index >= 15 is 0 Å². The zero-order valence-electron chi connectivity index (χ0n) is 59.1. The maximum atomic E-state index is 12.8. The fourth-order valence-corrected chi connectivity index (χ4v) is 18.7. The summed E-state index contributed by atoms with van der Waals surface area (Å²) < 4.78 is 199. The number of carbonyl (C=O) groups excluding carboxylic acids is 1. The highest BCUT2D eigenvalue weighted by Crippen LogP contribution is 2.36. The minimum absolute atomic E-state index is 0.0116. The highest BCUT2D eigenvalue weighted by Gasteiger charge is 2.37. The van der Waals surface area contributed by atoms with Crippen LogP contribution in [0.15, 0.2) is 123 Å². The van der Waals surface area contributed by atoms with Crippen molar-refractivity contribution >= 4 is 110 Å². The molecule has 0 saturated carbocycles. The van der Waals surface area contributed by atoms with Crippen molar-refractivity contribution in [1.82, 2.24) is 28.6 Å². The number of alkyl halides is 3. The van der Waals surface area contributed by atoms with E-state index in [1.807, 2.05) is 94.0 Å². The maximum Gasteiger partial charge on any atom is 0.417 e. The van der Waals surface area contributed by atoms with Crippen molar-refractivity contribution in [3.8, 4) is 36.4 Å². The third kappa shape index (κ3) is 35.5. The molecule has 6 aromatic rings. The highest BCUT2D eigenvalue weighted by molar-refractivity contribution is 9.10. The van der Waals surface area contributed by atoms with E-state index in [1.165, 1.54) is 25.1 Å². The van der Waals surface area contributed by atoms with Crippen LogP contribution in [0.2, 0.25) is 0 Å². The van der Waals surface area contributed by atoms with Gasteiger partial charge in [0.2, 0.25) is 46.0 Å². The van der Waals surface area contributed by atoms with Gasteiger partial charge in [-0.1, -0.05) is 113 Å². The average Bonchev–Trinajstić information content (AvgIpc) is 1.41. The topological polar surface area (TPSA) is 496 Å². The fourth-order valence-electron chi connectivity index (χ4n) is 8.27. The molecule has 2 heterocycles. The van der Waals surface area contributed by atoms with Gasteiger partial charge in [-0.3, -0.25) is 9.35 Å². The number of carbonyl (C=O) groups is 1. The number of nitrogens with one attached hydrogen (secondary N) is 6. The van der Waals surface area contributed by atoms with E-state index in [0.717, 1.165) is 68.2 Å². The summed E-state index contributed by atoms with van der Waals surface area (Å²) in [7, 11) is -22.5. The number of anilines is 1. The number of halogens is 4. The predicted octanol–water partition coefficient (Wildman–Crippen LogP) is 11.0. The molecule has 6 rings (SSSR count). The molecule has 4 aromatic carbocycles. The number of nitrogens with two attached hydrogens (primary N) is 1. The fraction of sp³-hybridized carbons (Fsp3) is 0.415. The molecule has 2 aromatic heterocycles. The van der Waals surface area contributed by atoms with Crippen LogP contribution in [0.3, 0.4) is 0 Å². The zero-order valence-corrected chi connectivity index (χ0v) is 67.2. The number of thiophene rings is 1. The summed E-state index contributed by atoms with van der Waals surface area (Å²) in [4.78, 5) is 14.9. The van der Waals surface area contributed by atoms with Crippen LogP contribution in [0.25, 0.3) is 0 Å². The smallest absolute Gasteiger partial charge is 0.329 e. The minimum Gasteiger partial charge on any atom is -0.329 e. The lowest BCUT2D eigenvalue weighted by Crippen LogP contribution is -2.27. The molecule has 0 radical (unpaired) electrons. The van der Waals surface area contributed by atoms with Gasteiger partial charge in [0.05, 0.1) is 67.3 Å². The van der Waals surface area contributed by atoms with Gasteiger partial charge in [0.1, 0.15) is 4.21 Å². The first-order chi connectivity index (χ1) is 48.7. The Balaban J connectivity index is 0.00000124. The molecule has 0 saturated heterocycles. The normalized spacial score (nSPS) is 11.3. The Labute approximate surface area is 631 Å². The second-order valence-corrected chi connectivity index (χ2v) is 35.6. The number of amides is 1. The van der Waals surface area contributed by atoms with Crippen molar-refractivity contribution in [3.63, 3.8) is 0 Å². The van der Waals surface area contributed by atoms with Crippen LogP contribution in [-0.4, -0.2) is 105 Å². The summed E-state index contributed by atoms with van der Waals surface area (Å²) >= 11 is 5.03. The van der Waals surface area contributed by atoms with Crippen molar-refractivity contribution in [1.29, 1.82) is 31.6 Å². The SMILES string of the molecule is CC(=O)Nc1nc(C)c(S(=O)(=O)NCCC#N)s1.CC(C)c1cc(C(C)C)c(S(=O)(=O)NCCC#N)c(C(C)C)c1.Cc1cc(C)c(S(=O)(=O)NCCC#N)c(C)c1.N#CCCN.N#CCCNS(=O)(=O)c1ccccc1Br.N#CCCNS(=O)(=O)c1ccccc1C(F)(F)F.O=S(=O)(O)c1cccs1. The summed E-state index contributed by atoms with van der Waals surface area (Å²) in [5.74, 6) is 0.237. The molecule has 9 N–H and O–H groups in total. The number of nitriles is 6. The summed E-state index contributed by atoms with van der Waals surface area (Å²) in [5, 5.41) is 53.9. The van der Waals surface area contributed by atoms with Gasteiger partial charge >= 0.3 is 16.3 Å². The lowest BCUT2D eigenvalue weighted by molar-refractivity contribution is -0.139. The van der Waals surface area contributed by atoms with Gasteiger partial charge in [-0.2, -0.15) is 53.2 Å². The van der Waals surface area contributed by atoms with E-state index in [0.29, 0.717) is 44.9 Å². The number of benzene rings is 4. The van der Waals surface area contributed by atoms with E-state index in [4.69, 9.17) is 41.9 Å². The second kappa shape index (κ2) is 47.1.